The van der Waals surface area contributed by atoms with Gasteiger partial charge in [0.15, 0.2) is 0 Å². The molecule has 126 valence electrons. The van der Waals surface area contributed by atoms with Crippen LogP contribution < -0.4 is 0 Å². The van der Waals surface area contributed by atoms with Crippen molar-refractivity contribution in [3.8, 4) is 6.07 Å². The third kappa shape index (κ3) is 4.32. The number of amides is 1. The van der Waals surface area contributed by atoms with Gasteiger partial charge in [0.2, 0.25) is 5.91 Å². The maximum absolute atomic E-state index is 12.5. The molecule has 0 spiro atoms. The van der Waals surface area contributed by atoms with Crippen LogP contribution >= 0.6 is 0 Å². The largest absolute Gasteiger partial charge is 0.372 e. The first kappa shape index (κ1) is 17.5. The lowest BCUT2D eigenvalue weighted by atomic mass is 10.1. The molecule has 0 N–H and O–H groups in total. The molecule has 1 aliphatic heterocycles. The van der Waals surface area contributed by atoms with Crippen LogP contribution in [0.15, 0.2) is 0 Å². The molecule has 0 aromatic carbocycles. The Labute approximate surface area is 138 Å². The summed E-state index contributed by atoms with van der Waals surface area (Å²) in [5, 5.41) is 13.2. The number of hydrogen-bond donors (Lipinski definition) is 0. The molecule has 2 heterocycles. The number of nitrogens with zero attached hydrogens (tertiary/aromatic N) is 4. The summed E-state index contributed by atoms with van der Waals surface area (Å²) in [6, 6.07) is 2.14. The Morgan fingerprint density at radius 3 is 2.61 bits per heavy atom. The van der Waals surface area contributed by atoms with E-state index in [1.165, 1.54) is 0 Å². The Morgan fingerprint density at radius 2 is 2.00 bits per heavy atom. The minimum atomic E-state index is 0.0971. The Kier molecular flexibility index (Phi) is 5.78. The lowest BCUT2D eigenvalue weighted by Gasteiger charge is -2.35. The average molecular weight is 318 g/mol. The molecule has 0 saturated carbocycles. The molecule has 0 radical (unpaired) electrons. The predicted molar refractivity (Wildman–Crippen MR) is 86.8 cm³/mol. The van der Waals surface area contributed by atoms with Gasteiger partial charge in [0, 0.05) is 25.2 Å². The van der Waals surface area contributed by atoms with Gasteiger partial charge >= 0.3 is 0 Å². The van der Waals surface area contributed by atoms with E-state index in [1.54, 1.807) is 0 Å². The number of aromatic nitrogens is 2. The van der Waals surface area contributed by atoms with Gasteiger partial charge in [-0.2, -0.15) is 10.4 Å². The molecular weight excluding hydrogens is 292 g/mol. The molecule has 23 heavy (non-hydrogen) atoms. The van der Waals surface area contributed by atoms with E-state index >= 15 is 0 Å². The van der Waals surface area contributed by atoms with Crippen LogP contribution in [0.5, 0.6) is 0 Å². The van der Waals surface area contributed by atoms with Gasteiger partial charge in [-0.1, -0.05) is 0 Å². The fraction of sp³-hybridized carbons (Fsp3) is 0.706. The van der Waals surface area contributed by atoms with Crippen LogP contribution in [0.4, 0.5) is 0 Å². The van der Waals surface area contributed by atoms with E-state index in [-0.39, 0.29) is 18.1 Å². The molecule has 2 unspecified atom stereocenters. The van der Waals surface area contributed by atoms with Gasteiger partial charge < -0.3 is 9.64 Å². The first-order valence-electron chi connectivity index (χ1n) is 8.25. The van der Waals surface area contributed by atoms with E-state index in [2.05, 4.69) is 11.2 Å². The van der Waals surface area contributed by atoms with Gasteiger partial charge in [-0.25, -0.2) is 0 Å². The van der Waals surface area contributed by atoms with E-state index < -0.39 is 0 Å². The second-order valence-electron chi connectivity index (χ2n) is 6.34. The number of aryl methyl sites for hydroxylation is 2. The summed E-state index contributed by atoms with van der Waals surface area (Å²) in [6.45, 7) is 9.93. The standard InChI is InChI=1S/C17H26N4O2/c1-12-10-20(11-13(2)23-12)17(22)7-6-16-14(3)19-21(15(16)4)9-5-8-18/h12-13H,5-7,9-11H2,1-4H3. The van der Waals surface area contributed by atoms with E-state index in [9.17, 15) is 4.79 Å². The van der Waals surface area contributed by atoms with Crippen molar-refractivity contribution < 1.29 is 9.53 Å². The van der Waals surface area contributed by atoms with Gasteiger partial charge in [0.1, 0.15) is 0 Å². The van der Waals surface area contributed by atoms with Gasteiger partial charge in [-0.15, -0.1) is 0 Å². The summed E-state index contributed by atoms with van der Waals surface area (Å²) in [6.07, 6.45) is 1.83. The number of carbonyl (C=O) groups excluding carboxylic acids is 1. The quantitative estimate of drug-likeness (QED) is 0.832. The third-order valence-electron chi connectivity index (χ3n) is 4.33. The minimum absolute atomic E-state index is 0.0971. The highest BCUT2D eigenvalue weighted by Crippen LogP contribution is 2.17. The van der Waals surface area contributed by atoms with Crippen molar-refractivity contribution in [3.63, 3.8) is 0 Å². The first-order chi connectivity index (χ1) is 10.9. The molecule has 1 aliphatic rings. The summed E-state index contributed by atoms with van der Waals surface area (Å²) in [4.78, 5) is 14.4. The van der Waals surface area contributed by atoms with Crippen molar-refractivity contribution in [2.75, 3.05) is 13.1 Å². The fourth-order valence-electron chi connectivity index (χ4n) is 3.24. The summed E-state index contributed by atoms with van der Waals surface area (Å²) in [7, 11) is 0. The minimum Gasteiger partial charge on any atom is -0.372 e. The lowest BCUT2D eigenvalue weighted by Crippen LogP contribution is -2.48. The SMILES string of the molecule is Cc1nn(CCC#N)c(C)c1CCC(=O)N1CC(C)OC(C)C1. The van der Waals surface area contributed by atoms with Gasteiger partial charge in [0.25, 0.3) is 0 Å². The molecule has 0 aliphatic carbocycles. The molecule has 1 saturated heterocycles. The Morgan fingerprint density at radius 1 is 1.35 bits per heavy atom. The van der Waals surface area contributed by atoms with E-state index in [4.69, 9.17) is 10.00 Å². The fourth-order valence-corrected chi connectivity index (χ4v) is 3.24. The van der Waals surface area contributed by atoms with Crippen LogP contribution in [0.3, 0.4) is 0 Å². The Hall–Kier alpha value is -1.87. The Balaban J connectivity index is 1.96. The van der Waals surface area contributed by atoms with Crippen molar-refractivity contribution in [3.05, 3.63) is 17.0 Å². The van der Waals surface area contributed by atoms with Crippen LogP contribution in [0.1, 0.15) is 43.6 Å². The lowest BCUT2D eigenvalue weighted by molar-refractivity contribution is -0.143. The second kappa shape index (κ2) is 7.60. The normalized spacial score (nSPS) is 21.3. The molecule has 2 atom stereocenters. The van der Waals surface area contributed by atoms with Crippen molar-refractivity contribution in [1.29, 1.82) is 5.26 Å². The van der Waals surface area contributed by atoms with Gasteiger partial charge in [-0.3, -0.25) is 9.48 Å². The molecular formula is C17H26N4O2. The maximum Gasteiger partial charge on any atom is 0.223 e. The zero-order chi connectivity index (χ0) is 17.0. The smallest absolute Gasteiger partial charge is 0.223 e. The van der Waals surface area contributed by atoms with Crippen LogP contribution in [0, 0.1) is 25.2 Å². The van der Waals surface area contributed by atoms with Crippen molar-refractivity contribution >= 4 is 5.91 Å². The molecule has 6 heteroatoms. The highest BCUT2D eigenvalue weighted by atomic mass is 16.5. The molecule has 1 aromatic rings. The Bertz CT molecular complexity index is 592. The molecule has 2 rings (SSSR count). The van der Waals surface area contributed by atoms with Crippen LogP contribution in [-0.4, -0.2) is 45.9 Å². The summed E-state index contributed by atoms with van der Waals surface area (Å²) >= 11 is 0. The monoisotopic (exact) mass is 318 g/mol. The second-order valence-corrected chi connectivity index (χ2v) is 6.34. The number of nitriles is 1. The van der Waals surface area contributed by atoms with Crippen LogP contribution in [0.2, 0.25) is 0 Å². The summed E-state index contributed by atoms with van der Waals surface area (Å²) in [5.74, 6) is 0.176. The molecule has 1 aromatic heterocycles. The number of rotatable bonds is 5. The van der Waals surface area contributed by atoms with Crippen molar-refractivity contribution in [2.45, 2.75) is 65.7 Å². The predicted octanol–water partition coefficient (Wildman–Crippen LogP) is 1.98. The average Bonchev–Trinajstić information content (AvgIpc) is 2.76. The number of ether oxygens (including phenoxy) is 1. The molecule has 6 nitrogen and oxygen atoms in total. The third-order valence-corrected chi connectivity index (χ3v) is 4.33. The van der Waals surface area contributed by atoms with E-state index in [0.717, 1.165) is 17.0 Å². The zero-order valence-corrected chi connectivity index (χ0v) is 14.5. The van der Waals surface area contributed by atoms with Gasteiger partial charge in [0.05, 0.1) is 36.9 Å². The summed E-state index contributed by atoms with van der Waals surface area (Å²) in [5.41, 5.74) is 3.15. The van der Waals surface area contributed by atoms with Crippen LogP contribution in [0.25, 0.3) is 0 Å². The maximum atomic E-state index is 12.5. The first-order valence-corrected chi connectivity index (χ1v) is 8.25. The topological polar surface area (TPSA) is 71.2 Å². The van der Waals surface area contributed by atoms with Crippen molar-refractivity contribution in [1.82, 2.24) is 14.7 Å². The molecule has 1 amide bonds. The number of carbonyl (C=O) groups is 1. The zero-order valence-electron chi connectivity index (χ0n) is 14.5. The highest BCUT2D eigenvalue weighted by Gasteiger charge is 2.26. The van der Waals surface area contributed by atoms with Gasteiger partial charge in [-0.05, 0) is 39.7 Å². The van der Waals surface area contributed by atoms with E-state index in [1.807, 2.05) is 37.3 Å². The van der Waals surface area contributed by atoms with E-state index in [0.29, 0.717) is 38.9 Å². The number of hydrogen-bond acceptors (Lipinski definition) is 4. The van der Waals surface area contributed by atoms with Crippen LogP contribution in [-0.2, 0) is 22.5 Å². The number of morpholine rings is 1. The molecule has 0 bridgehead atoms. The summed E-state index contributed by atoms with van der Waals surface area (Å²) < 4.78 is 7.55. The molecule has 1 fully saturated rings. The van der Waals surface area contributed by atoms with Crippen molar-refractivity contribution in [2.24, 2.45) is 0 Å². The highest BCUT2D eigenvalue weighted by molar-refractivity contribution is 5.76.